The van der Waals surface area contributed by atoms with Gasteiger partial charge in [0.15, 0.2) is 0 Å². The quantitative estimate of drug-likeness (QED) is 0.689. The van der Waals surface area contributed by atoms with Crippen molar-refractivity contribution in [1.82, 2.24) is 0 Å². The molecule has 2 aliphatic rings. The summed E-state index contributed by atoms with van der Waals surface area (Å²) in [6, 6.07) is 14.6. The van der Waals surface area contributed by atoms with E-state index >= 15 is 0 Å². The Bertz CT molecular complexity index is 1300. The monoisotopic (exact) mass is 409 g/mol. The third-order valence-electron chi connectivity index (χ3n) is 4.95. The van der Waals surface area contributed by atoms with Crippen molar-refractivity contribution in [2.24, 2.45) is 0 Å². The number of hydrogen-bond acceptors (Lipinski definition) is 5. The van der Waals surface area contributed by atoms with E-state index in [1.54, 1.807) is 48.5 Å². The number of hydrogen-bond donors (Lipinski definition) is 2. The molecule has 3 aromatic rings. The molecule has 2 heterocycles. The van der Waals surface area contributed by atoms with Crippen LogP contribution in [0.5, 0.6) is 0 Å². The van der Waals surface area contributed by atoms with Crippen LogP contribution < -0.4 is 14.9 Å². The first-order valence-corrected chi connectivity index (χ1v) is 10.4. The summed E-state index contributed by atoms with van der Waals surface area (Å²) >= 11 is 0. The molecule has 146 valence electrons. The van der Waals surface area contributed by atoms with Gasteiger partial charge < -0.3 is 10.1 Å². The fourth-order valence-corrected chi connectivity index (χ4v) is 4.93. The van der Waals surface area contributed by atoms with E-state index in [0.717, 1.165) is 0 Å². The lowest BCUT2D eigenvalue weighted by Crippen LogP contribution is -2.23. The van der Waals surface area contributed by atoms with E-state index in [9.17, 15) is 18.0 Å². The smallest absolute Gasteiger partial charge is 0.414 e. The van der Waals surface area contributed by atoms with Crippen molar-refractivity contribution in [3.05, 3.63) is 60.2 Å². The molecular weight excluding hydrogens is 394 g/mol. The Balaban J connectivity index is 1.54. The minimum Gasteiger partial charge on any atom is -0.447 e. The molecule has 1 fully saturated rings. The van der Waals surface area contributed by atoms with E-state index in [-0.39, 0.29) is 10.8 Å². The normalized spacial score (nSPS) is 15.5. The number of carbonyl (C=O) groups excluding carboxylic acids is 2. The average molecular weight is 409 g/mol. The van der Waals surface area contributed by atoms with Gasteiger partial charge in [-0.05, 0) is 36.4 Å². The lowest BCUT2D eigenvalue weighted by Gasteiger charge is -2.15. The lowest BCUT2D eigenvalue weighted by atomic mass is 10.1. The maximum absolute atomic E-state index is 13.1. The highest BCUT2D eigenvalue weighted by Gasteiger charge is 2.27. The highest BCUT2D eigenvalue weighted by atomic mass is 32.2. The van der Waals surface area contributed by atoms with Crippen LogP contribution in [0.2, 0.25) is 0 Å². The Morgan fingerprint density at radius 2 is 1.86 bits per heavy atom. The summed E-state index contributed by atoms with van der Waals surface area (Å²) in [5.74, 6) is -0.252. The van der Waals surface area contributed by atoms with Crippen molar-refractivity contribution >= 4 is 49.9 Å². The molecule has 0 atom stereocenters. The first-order valence-electron chi connectivity index (χ1n) is 8.88. The van der Waals surface area contributed by atoms with Gasteiger partial charge in [-0.3, -0.25) is 14.4 Å². The van der Waals surface area contributed by atoms with Gasteiger partial charge >= 0.3 is 6.09 Å². The molecule has 0 unspecified atom stereocenters. The number of carbonyl (C=O) groups is 2. The fraction of sp³-hybridized carbons (Fsp3) is 0.100. The van der Waals surface area contributed by atoms with Crippen molar-refractivity contribution in [2.75, 3.05) is 28.1 Å². The van der Waals surface area contributed by atoms with Crippen molar-refractivity contribution in [3.8, 4) is 0 Å². The second kappa shape index (κ2) is 6.21. The Labute approximate surface area is 166 Å². The molecule has 0 aliphatic carbocycles. The molecule has 8 nitrogen and oxygen atoms in total. The molecule has 2 N–H and O–H groups in total. The van der Waals surface area contributed by atoms with Gasteiger partial charge in [0, 0.05) is 27.7 Å². The number of anilines is 3. The first-order chi connectivity index (χ1) is 13.9. The molecule has 3 aromatic carbocycles. The molecule has 0 saturated carbocycles. The molecule has 0 spiro atoms. The summed E-state index contributed by atoms with van der Waals surface area (Å²) in [5, 5.41) is 3.79. The number of amides is 2. The zero-order valence-electron chi connectivity index (χ0n) is 15.0. The maximum atomic E-state index is 13.1. The van der Waals surface area contributed by atoms with Crippen molar-refractivity contribution < 1.29 is 22.7 Å². The predicted molar refractivity (Wildman–Crippen MR) is 108 cm³/mol. The average Bonchev–Trinajstić information content (AvgIpc) is 3.26. The Morgan fingerprint density at radius 3 is 2.66 bits per heavy atom. The van der Waals surface area contributed by atoms with E-state index < -0.39 is 16.1 Å². The van der Waals surface area contributed by atoms with Crippen LogP contribution in [0.4, 0.5) is 21.9 Å². The van der Waals surface area contributed by atoms with Crippen molar-refractivity contribution in [1.29, 1.82) is 0 Å². The third kappa shape index (κ3) is 2.78. The second-order valence-corrected chi connectivity index (χ2v) is 8.37. The molecule has 0 aromatic heterocycles. The number of rotatable bonds is 4. The summed E-state index contributed by atoms with van der Waals surface area (Å²) in [4.78, 5) is 25.3. The molecule has 5 rings (SSSR count). The Kier molecular flexibility index (Phi) is 3.75. The number of benzene rings is 3. The van der Waals surface area contributed by atoms with Gasteiger partial charge in [0.25, 0.3) is 15.9 Å². The molecular formula is C20H15N3O5S. The van der Waals surface area contributed by atoms with Crippen LogP contribution in [0.3, 0.4) is 0 Å². The van der Waals surface area contributed by atoms with Crippen LogP contribution in [0.1, 0.15) is 10.4 Å². The fourth-order valence-electron chi connectivity index (χ4n) is 3.67. The summed E-state index contributed by atoms with van der Waals surface area (Å²) < 4.78 is 33.7. The van der Waals surface area contributed by atoms with E-state index in [4.69, 9.17) is 4.74 Å². The van der Waals surface area contributed by atoms with E-state index in [2.05, 4.69) is 10.0 Å². The van der Waals surface area contributed by atoms with Gasteiger partial charge in [-0.15, -0.1) is 0 Å². The summed E-state index contributed by atoms with van der Waals surface area (Å²) in [6.07, 6.45) is -0.463. The minimum atomic E-state index is -3.94. The van der Waals surface area contributed by atoms with Crippen molar-refractivity contribution in [2.45, 2.75) is 4.90 Å². The van der Waals surface area contributed by atoms with Crippen LogP contribution >= 0.6 is 0 Å². The van der Waals surface area contributed by atoms with Crippen LogP contribution in [-0.4, -0.2) is 33.6 Å². The van der Waals surface area contributed by atoms with Crippen LogP contribution in [-0.2, 0) is 14.8 Å². The number of sulfonamides is 1. The summed E-state index contributed by atoms with van der Waals surface area (Å²) in [5.41, 5.74) is 1.90. The largest absolute Gasteiger partial charge is 0.447 e. The minimum absolute atomic E-state index is 0.0700. The van der Waals surface area contributed by atoms with E-state index in [1.165, 1.54) is 11.0 Å². The maximum Gasteiger partial charge on any atom is 0.414 e. The standard InChI is InChI=1S/C20H15N3O5S/c24-19-15-6-2-5-14-17(8-7-16(21-19)18(14)15)29(26,27)22-12-3-1-4-13(11-12)23-9-10-28-20(23)25/h1-8,11,22H,9-10H2,(H,21,24). The topological polar surface area (TPSA) is 105 Å². The summed E-state index contributed by atoms with van der Waals surface area (Å²) in [7, 11) is -3.94. The highest BCUT2D eigenvalue weighted by Crippen LogP contribution is 2.37. The van der Waals surface area contributed by atoms with E-state index in [1.807, 2.05) is 0 Å². The lowest BCUT2D eigenvalue weighted by molar-refractivity contribution is 0.103. The SMILES string of the molecule is O=C1Nc2ccc(S(=O)(=O)Nc3cccc(N4CCOC4=O)c3)c3cccc1c23. The Morgan fingerprint density at radius 1 is 1.03 bits per heavy atom. The van der Waals surface area contributed by atoms with Crippen molar-refractivity contribution in [3.63, 3.8) is 0 Å². The zero-order valence-corrected chi connectivity index (χ0v) is 15.8. The van der Waals surface area contributed by atoms with Crippen LogP contribution in [0, 0.1) is 0 Å². The first kappa shape index (κ1) is 17.5. The van der Waals surface area contributed by atoms with Gasteiger partial charge in [-0.1, -0.05) is 18.2 Å². The third-order valence-corrected chi connectivity index (χ3v) is 6.39. The molecule has 1 saturated heterocycles. The molecule has 0 radical (unpaired) electrons. The summed E-state index contributed by atoms with van der Waals surface area (Å²) in [6.45, 7) is 0.702. The zero-order chi connectivity index (χ0) is 20.2. The number of nitrogens with zero attached hydrogens (tertiary/aromatic N) is 1. The number of ether oxygens (including phenoxy) is 1. The van der Waals surface area contributed by atoms with Gasteiger partial charge in [0.2, 0.25) is 0 Å². The predicted octanol–water partition coefficient (Wildman–Crippen LogP) is 3.16. The van der Waals surface area contributed by atoms with Crippen LogP contribution in [0.15, 0.2) is 59.5 Å². The van der Waals surface area contributed by atoms with Gasteiger partial charge in [-0.2, -0.15) is 0 Å². The van der Waals surface area contributed by atoms with Gasteiger partial charge in [0.1, 0.15) is 6.61 Å². The van der Waals surface area contributed by atoms with Crippen LogP contribution in [0.25, 0.3) is 10.8 Å². The number of cyclic esters (lactones) is 1. The van der Waals surface area contributed by atoms with E-state index in [0.29, 0.717) is 46.5 Å². The van der Waals surface area contributed by atoms with Gasteiger partial charge in [-0.25, -0.2) is 13.2 Å². The molecule has 0 bridgehead atoms. The molecule has 9 heteroatoms. The molecule has 2 amide bonds. The molecule has 2 aliphatic heterocycles. The van der Waals surface area contributed by atoms with Gasteiger partial charge in [0.05, 0.1) is 17.1 Å². The highest BCUT2D eigenvalue weighted by molar-refractivity contribution is 7.93. The Hall–Kier alpha value is -3.59. The number of nitrogens with one attached hydrogen (secondary N) is 2. The molecule has 29 heavy (non-hydrogen) atoms. The second-order valence-electron chi connectivity index (χ2n) is 6.72.